The molecule has 0 N–H and O–H groups in total. The average Bonchev–Trinajstić information content (AvgIpc) is 3.06. The fourth-order valence-corrected chi connectivity index (χ4v) is 4.47. The second-order valence-corrected chi connectivity index (χ2v) is 8.40. The summed E-state index contributed by atoms with van der Waals surface area (Å²) in [6.45, 7) is 5.17. The summed E-state index contributed by atoms with van der Waals surface area (Å²) in [5.41, 5.74) is 1.19. The molecule has 0 radical (unpaired) electrons. The molecule has 2 saturated heterocycles. The van der Waals surface area contributed by atoms with E-state index in [1.54, 1.807) is 13.3 Å². The van der Waals surface area contributed by atoms with Gasteiger partial charge in [-0.25, -0.2) is 4.98 Å². The molecule has 2 aliphatic heterocycles. The molecular formula is C23H29ClN4O2. The molecule has 7 heteroatoms. The van der Waals surface area contributed by atoms with E-state index in [-0.39, 0.29) is 5.92 Å². The van der Waals surface area contributed by atoms with Crippen molar-refractivity contribution in [2.75, 3.05) is 56.2 Å². The zero-order valence-electron chi connectivity index (χ0n) is 17.5. The van der Waals surface area contributed by atoms with E-state index in [2.05, 4.69) is 31.8 Å². The van der Waals surface area contributed by atoms with Crippen LogP contribution in [0.1, 0.15) is 19.3 Å². The summed E-state index contributed by atoms with van der Waals surface area (Å²) in [5.74, 6) is 2.23. The zero-order valence-corrected chi connectivity index (χ0v) is 18.2. The lowest BCUT2D eigenvalue weighted by Gasteiger charge is -2.34. The highest BCUT2D eigenvalue weighted by Crippen LogP contribution is 2.25. The van der Waals surface area contributed by atoms with Crippen LogP contribution >= 0.6 is 11.6 Å². The van der Waals surface area contributed by atoms with Crippen molar-refractivity contribution in [2.24, 2.45) is 5.92 Å². The number of carbonyl (C=O) groups is 1. The van der Waals surface area contributed by atoms with Gasteiger partial charge in [0.05, 0.1) is 12.1 Å². The highest BCUT2D eigenvalue weighted by atomic mass is 35.5. The van der Waals surface area contributed by atoms with Crippen LogP contribution in [0, 0.1) is 5.92 Å². The lowest BCUT2D eigenvalue weighted by Crippen LogP contribution is -2.44. The Kier molecular flexibility index (Phi) is 6.62. The molecule has 1 amide bonds. The fraction of sp³-hybridized carbons (Fsp3) is 0.478. The Morgan fingerprint density at radius 2 is 1.73 bits per heavy atom. The van der Waals surface area contributed by atoms with Crippen LogP contribution < -0.4 is 14.5 Å². The van der Waals surface area contributed by atoms with Crippen LogP contribution in [0.5, 0.6) is 5.75 Å². The van der Waals surface area contributed by atoms with Crippen LogP contribution in [0.3, 0.4) is 0 Å². The van der Waals surface area contributed by atoms with Crippen molar-refractivity contribution in [3.63, 3.8) is 0 Å². The van der Waals surface area contributed by atoms with Gasteiger partial charge in [-0.1, -0.05) is 11.6 Å². The Morgan fingerprint density at radius 3 is 2.40 bits per heavy atom. The summed E-state index contributed by atoms with van der Waals surface area (Å²) < 4.78 is 5.25. The van der Waals surface area contributed by atoms with Crippen molar-refractivity contribution in [2.45, 2.75) is 19.3 Å². The molecule has 30 heavy (non-hydrogen) atoms. The number of rotatable bonds is 4. The summed E-state index contributed by atoms with van der Waals surface area (Å²) in [7, 11) is 1.68. The maximum atomic E-state index is 13.2. The van der Waals surface area contributed by atoms with Gasteiger partial charge in [-0.2, -0.15) is 0 Å². The summed E-state index contributed by atoms with van der Waals surface area (Å²) >= 11 is 5.94. The molecule has 0 saturated carbocycles. The number of ether oxygens (including phenoxy) is 1. The van der Waals surface area contributed by atoms with Gasteiger partial charge in [0.15, 0.2) is 0 Å². The van der Waals surface area contributed by atoms with Gasteiger partial charge in [-0.3, -0.25) is 4.79 Å². The quantitative estimate of drug-likeness (QED) is 0.743. The molecule has 0 unspecified atom stereocenters. The van der Waals surface area contributed by atoms with Crippen molar-refractivity contribution in [1.29, 1.82) is 0 Å². The second-order valence-electron chi connectivity index (χ2n) is 7.96. The number of methoxy groups -OCH3 is 1. The molecule has 3 heterocycles. The number of pyridine rings is 1. The van der Waals surface area contributed by atoms with Crippen LogP contribution in [0.2, 0.25) is 5.02 Å². The third-order valence-corrected chi connectivity index (χ3v) is 6.35. The zero-order chi connectivity index (χ0) is 20.9. The number of carbonyl (C=O) groups excluding carboxylic acids is 1. The first-order chi connectivity index (χ1) is 14.6. The Hall–Kier alpha value is -2.47. The first-order valence-electron chi connectivity index (χ1n) is 10.7. The van der Waals surface area contributed by atoms with E-state index in [9.17, 15) is 4.79 Å². The van der Waals surface area contributed by atoms with Crippen LogP contribution in [0.25, 0.3) is 0 Å². The molecular weight excluding hydrogens is 400 g/mol. The summed E-state index contributed by atoms with van der Waals surface area (Å²) in [6, 6.07) is 12.0. The van der Waals surface area contributed by atoms with Crippen LogP contribution in [-0.4, -0.2) is 62.2 Å². The Morgan fingerprint density at radius 1 is 0.967 bits per heavy atom. The molecule has 0 spiro atoms. The number of benzene rings is 1. The number of halogens is 1. The number of nitrogens with zero attached hydrogens (tertiary/aromatic N) is 4. The third-order valence-electron chi connectivity index (χ3n) is 6.13. The summed E-state index contributed by atoms with van der Waals surface area (Å²) in [6.07, 6.45) is 4.43. The third kappa shape index (κ3) is 4.81. The minimum absolute atomic E-state index is 0.112. The first kappa shape index (κ1) is 20.8. The van der Waals surface area contributed by atoms with E-state index in [1.165, 1.54) is 5.69 Å². The fourth-order valence-electron chi connectivity index (χ4n) is 4.36. The molecule has 2 aliphatic rings. The van der Waals surface area contributed by atoms with Gasteiger partial charge in [-0.05, 0) is 55.7 Å². The smallest absolute Gasteiger partial charge is 0.225 e. The lowest BCUT2D eigenvalue weighted by molar-refractivity contribution is -0.135. The molecule has 2 fully saturated rings. The van der Waals surface area contributed by atoms with Crippen molar-refractivity contribution in [3.05, 3.63) is 47.6 Å². The summed E-state index contributed by atoms with van der Waals surface area (Å²) in [4.78, 5) is 24.2. The molecule has 6 nitrogen and oxygen atoms in total. The summed E-state index contributed by atoms with van der Waals surface area (Å²) in [5, 5.41) is 0.647. The van der Waals surface area contributed by atoms with Gasteiger partial charge in [0.2, 0.25) is 5.91 Å². The lowest BCUT2D eigenvalue weighted by atomic mass is 9.95. The molecule has 0 atom stereocenters. The van der Waals surface area contributed by atoms with Gasteiger partial charge in [0.1, 0.15) is 11.6 Å². The average molecular weight is 429 g/mol. The topological polar surface area (TPSA) is 48.9 Å². The number of anilines is 2. The molecule has 4 rings (SSSR count). The van der Waals surface area contributed by atoms with Gasteiger partial charge in [0, 0.05) is 57.1 Å². The van der Waals surface area contributed by atoms with E-state index in [0.717, 1.165) is 70.1 Å². The predicted octanol–water partition coefficient (Wildman–Crippen LogP) is 3.70. The molecule has 2 aromatic rings. The first-order valence-corrected chi connectivity index (χ1v) is 11.1. The van der Waals surface area contributed by atoms with E-state index in [4.69, 9.17) is 16.3 Å². The minimum atomic E-state index is 0.112. The van der Waals surface area contributed by atoms with Gasteiger partial charge in [-0.15, -0.1) is 0 Å². The second kappa shape index (κ2) is 9.56. The number of amides is 1. The van der Waals surface area contributed by atoms with Crippen LogP contribution in [0.15, 0.2) is 42.6 Å². The van der Waals surface area contributed by atoms with Crippen molar-refractivity contribution >= 4 is 29.0 Å². The number of aromatic nitrogens is 1. The Balaban J connectivity index is 1.30. The van der Waals surface area contributed by atoms with Crippen molar-refractivity contribution in [3.8, 4) is 5.75 Å². The minimum Gasteiger partial charge on any atom is -0.497 e. The molecule has 0 bridgehead atoms. The highest BCUT2D eigenvalue weighted by molar-refractivity contribution is 6.30. The molecule has 160 valence electrons. The number of hydrogen-bond donors (Lipinski definition) is 0. The highest BCUT2D eigenvalue weighted by Gasteiger charge is 2.30. The molecule has 1 aromatic carbocycles. The van der Waals surface area contributed by atoms with Crippen molar-refractivity contribution < 1.29 is 9.53 Å². The van der Waals surface area contributed by atoms with E-state index in [1.807, 2.05) is 24.3 Å². The van der Waals surface area contributed by atoms with Gasteiger partial charge < -0.3 is 19.4 Å². The standard InChI is InChI=1S/C23H29ClN4O2/c1-30-21-6-4-20(5-7-21)26-11-2-12-28(16-15-26)23(29)18-9-13-27(14-10-18)22-8-3-19(24)17-25-22/h3-8,17-18H,2,9-16H2,1H3. The normalized spacial score (nSPS) is 18.3. The van der Waals surface area contributed by atoms with Crippen LogP contribution in [0.4, 0.5) is 11.5 Å². The molecule has 1 aromatic heterocycles. The maximum Gasteiger partial charge on any atom is 0.225 e. The van der Waals surface area contributed by atoms with E-state index < -0.39 is 0 Å². The van der Waals surface area contributed by atoms with E-state index in [0.29, 0.717) is 10.9 Å². The van der Waals surface area contributed by atoms with E-state index >= 15 is 0 Å². The van der Waals surface area contributed by atoms with Gasteiger partial charge >= 0.3 is 0 Å². The predicted molar refractivity (Wildman–Crippen MR) is 121 cm³/mol. The largest absolute Gasteiger partial charge is 0.497 e. The van der Waals surface area contributed by atoms with Crippen molar-refractivity contribution in [1.82, 2.24) is 9.88 Å². The maximum absolute atomic E-state index is 13.2. The Labute approximate surface area is 183 Å². The number of hydrogen-bond acceptors (Lipinski definition) is 5. The van der Waals surface area contributed by atoms with Crippen LogP contribution in [-0.2, 0) is 4.79 Å². The molecule has 0 aliphatic carbocycles. The monoisotopic (exact) mass is 428 g/mol. The SMILES string of the molecule is COc1ccc(N2CCCN(C(=O)C3CCN(c4ccc(Cl)cn4)CC3)CC2)cc1. The van der Waals surface area contributed by atoms with Gasteiger partial charge in [0.25, 0.3) is 0 Å². The number of piperidine rings is 1. The Bertz CT molecular complexity index is 835.